The Kier molecular flexibility index (Phi) is 5.73. The maximum absolute atomic E-state index is 10.2. The van der Waals surface area contributed by atoms with Crippen LogP contribution in [-0.2, 0) is 0 Å². The smallest absolute Gasteiger partial charge is 0.227 e. The molecule has 1 atom stereocenters. The summed E-state index contributed by atoms with van der Waals surface area (Å²) in [5.41, 5.74) is 6.35. The number of rotatable bonds is 5. The van der Waals surface area contributed by atoms with Crippen LogP contribution in [0.5, 0.6) is 5.75 Å². The van der Waals surface area contributed by atoms with E-state index in [-0.39, 0.29) is 5.75 Å². The zero-order valence-electron chi connectivity index (χ0n) is 17.2. The van der Waals surface area contributed by atoms with Crippen molar-refractivity contribution in [2.45, 2.75) is 33.1 Å². The number of aliphatic imine (C=N–C) groups is 1. The van der Waals surface area contributed by atoms with Gasteiger partial charge in [0.2, 0.25) is 5.89 Å². The Labute approximate surface area is 184 Å². The topological polar surface area (TPSA) is 58.6 Å². The van der Waals surface area contributed by atoms with Crippen LogP contribution in [0.25, 0.3) is 22.6 Å². The summed E-state index contributed by atoms with van der Waals surface area (Å²) in [5, 5.41) is 10.2. The number of aromatic nitrogens is 1. The molecule has 0 saturated carbocycles. The first-order valence-electron chi connectivity index (χ1n) is 9.98. The van der Waals surface area contributed by atoms with E-state index in [2.05, 4.69) is 51.9 Å². The molecule has 3 aromatic carbocycles. The van der Waals surface area contributed by atoms with Crippen LogP contribution in [0, 0.1) is 6.92 Å². The molecule has 0 amide bonds. The Bertz CT molecular complexity index is 1230. The SMILES string of the molecule is CC[C@H](C)c1ccc2oc(-c3ccc(N=Cc4cc(C)cc(Br)c4O)cc3)nc2c1. The van der Waals surface area contributed by atoms with Crippen molar-refractivity contribution in [3.05, 3.63) is 75.8 Å². The van der Waals surface area contributed by atoms with E-state index in [0.717, 1.165) is 34.3 Å². The lowest BCUT2D eigenvalue weighted by Crippen LogP contribution is -1.90. The van der Waals surface area contributed by atoms with Crippen LogP contribution in [0.3, 0.4) is 0 Å². The predicted octanol–water partition coefficient (Wildman–Crippen LogP) is 7.54. The highest BCUT2D eigenvalue weighted by Crippen LogP contribution is 2.30. The Hall–Kier alpha value is -2.92. The summed E-state index contributed by atoms with van der Waals surface area (Å²) < 4.78 is 6.60. The van der Waals surface area contributed by atoms with Gasteiger partial charge in [-0.05, 0) is 94.9 Å². The van der Waals surface area contributed by atoms with Crippen molar-refractivity contribution in [3.8, 4) is 17.2 Å². The Morgan fingerprint density at radius 3 is 2.63 bits per heavy atom. The lowest BCUT2D eigenvalue weighted by atomic mass is 9.98. The van der Waals surface area contributed by atoms with Gasteiger partial charge in [0.05, 0.1) is 10.2 Å². The molecule has 5 heteroatoms. The second-order valence-electron chi connectivity index (χ2n) is 7.55. The third kappa shape index (κ3) is 4.17. The fraction of sp³-hybridized carbons (Fsp3) is 0.200. The summed E-state index contributed by atoms with van der Waals surface area (Å²) in [7, 11) is 0. The Balaban J connectivity index is 1.58. The summed E-state index contributed by atoms with van der Waals surface area (Å²) >= 11 is 3.36. The predicted molar refractivity (Wildman–Crippen MR) is 126 cm³/mol. The van der Waals surface area contributed by atoms with Gasteiger partial charge in [-0.2, -0.15) is 0 Å². The van der Waals surface area contributed by atoms with Crippen molar-refractivity contribution in [2.24, 2.45) is 4.99 Å². The molecule has 0 radical (unpaired) electrons. The molecule has 1 aromatic heterocycles. The molecule has 1 N–H and O–H groups in total. The quantitative estimate of drug-likeness (QED) is 0.311. The van der Waals surface area contributed by atoms with Crippen LogP contribution in [0.1, 0.15) is 42.9 Å². The van der Waals surface area contributed by atoms with Gasteiger partial charge < -0.3 is 9.52 Å². The van der Waals surface area contributed by atoms with Crippen LogP contribution in [0.15, 0.2) is 68.5 Å². The third-order valence-electron chi connectivity index (χ3n) is 5.30. The van der Waals surface area contributed by atoms with Crippen LogP contribution < -0.4 is 0 Å². The lowest BCUT2D eigenvalue weighted by Gasteiger charge is -2.07. The second-order valence-corrected chi connectivity index (χ2v) is 8.40. The second kappa shape index (κ2) is 8.44. The van der Waals surface area contributed by atoms with Crippen molar-refractivity contribution in [3.63, 3.8) is 0 Å². The number of fused-ring (bicyclic) bond motifs is 1. The number of benzene rings is 3. The zero-order valence-corrected chi connectivity index (χ0v) is 18.8. The molecule has 30 heavy (non-hydrogen) atoms. The molecule has 0 aliphatic rings. The Morgan fingerprint density at radius 2 is 1.90 bits per heavy atom. The molecule has 0 bridgehead atoms. The maximum Gasteiger partial charge on any atom is 0.227 e. The van der Waals surface area contributed by atoms with Gasteiger partial charge in [-0.3, -0.25) is 4.99 Å². The van der Waals surface area contributed by atoms with Crippen molar-refractivity contribution in [1.29, 1.82) is 0 Å². The minimum absolute atomic E-state index is 0.184. The highest BCUT2D eigenvalue weighted by molar-refractivity contribution is 9.10. The molecular weight excluding hydrogens is 440 g/mol. The molecule has 0 unspecified atom stereocenters. The molecule has 0 spiro atoms. The number of oxazole rings is 1. The van der Waals surface area contributed by atoms with E-state index in [1.54, 1.807) is 6.21 Å². The van der Waals surface area contributed by atoms with Crippen molar-refractivity contribution >= 4 is 38.9 Å². The molecule has 4 rings (SSSR count). The van der Waals surface area contributed by atoms with Gasteiger partial charge in [-0.25, -0.2) is 4.98 Å². The van der Waals surface area contributed by atoms with Gasteiger partial charge in [-0.1, -0.05) is 19.9 Å². The normalized spacial score (nSPS) is 12.7. The first-order valence-corrected chi connectivity index (χ1v) is 10.8. The van der Waals surface area contributed by atoms with E-state index < -0.39 is 0 Å². The monoisotopic (exact) mass is 462 g/mol. The average molecular weight is 463 g/mol. The summed E-state index contributed by atoms with van der Waals surface area (Å²) in [6.45, 7) is 6.38. The molecule has 4 aromatic rings. The van der Waals surface area contributed by atoms with Crippen molar-refractivity contribution in [2.75, 3.05) is 0 Å². The fourth-order valence-corrected chi connectivity index (χ4v) is 3.89. The highest BCUT2D eigenvalue weighted by atomic mass is 79.9. The highest BCUT2D eigenvalue weighted by Gasteiger charge is 2.11. The molecule has 4 nitrogen and oxygen atoms in total. The number of hydrogen-bond donors (Lipinski definition) is 1. The molecule has 0 aliphatic carbocycles. The van der Waals surface area contributed by atoms with Crippen molar-refractivity contribution < 1.29 is 9.52 Å². The molecule has 1 heterocycles. The number of phenolic OH excluding ortho intramolecular Hbond substituents is 1. The summed E-state index contributed by atoms with van der Waals surface area (Å²) in [5.74, 6) is 1.28. The average Bonchev–Trinajstić information content (AvgIpc) is 3.18. The minimum Gasteiger partial charge on any atom is -0.506 e. The summed E-state index contributed by atoms with van der Waals surface area (Å²) in [4.78, 5) is 9.15. The van der Waals surface area contributed by atoms with Gasteiger partial charge in [0.25, 0.3) is 0 Å². The molecule has 152 valence electrons. The standard InChI is InChI=1S/C25H23BrN2O2/c1-4-16(3)18-7-10-23-22(13-18)28-25(30-23)17-5-8-20(9-6-17)27-14-19-11-15(2)12-21(26)24(19)29/h5-14,16,29H,4H2,1-3H3/t16-/m0/s1. The van der Waals surface area contributed by atoms with Crippen LogP contribution in [0.4, 0.5) is 5.69 Å². The zero-order chi connectivity index (χ0) is 21.3. The molecule has 0 saturated heterocycles. The van der Waals surface area contributed by atoms with Gasteiger partial charge in [0.1, 0.15) is 11.3 Å². The van der Waals surface area contributed by atoms with Gasteiger partial charge in [-0.15, -0.1) is 0 Å². The van der Waals surface area contributed by atoms with Crippen molar-refractivity contribution in [1.82, 2.24) is 4.98 Å². The lowest BCUT2D eigenvalue weighted by molar-refractivity contribution is 0.471. The van der Waals surface area contributed by atoms with Crippen LogP contribution in [0.2, 0.25) is 0 Å². The summed E-state index contributed by atoms with van der Waals surface area (Å²) in [6.07, 6.45) is 2.76. The third-order valence-corrected chi connectivity index (χ3v) is 5.90. The van der Waals surface area contributed by atoms with E-state index in [9.17, 15) is 5.11 Å². The number of aryl methyl sites for hydroxylation is 1. The minimum atomic E-state index is 0.184. The fourth-order valence-electron chi connectivity index (χ4n) is 3.30. The number of aromatic hydroxyl groups is 1. The van der Waals surface area contributed by atoms with Crippen LogP contribution in [-0.4, -0.2) is 16.3 Å². The van der Waals surface area contributed by atoms with E-state index >= 15 is 0 Å². The van der Waals surface area contributed by atoms with Gasteiger partial charge in [0, 0.05) is 17.3 Å². The first kappa shape index (κ1) is 20.4. The molecule has 0 fully saturated rings. The van der Waals surface area contributed by atoms with E-state index in [1.165, 1.54) is 5.56 Å². The van der Waals surface area contributed by atoms with E-state index in [0.29, 0.717) is 21.8 Å². The van der Waals surface area contributed by atoms with E-state index in [1.807, 2.05) is 49.4 Å². The summed E-state index contributed by atoms with van der Waals surface area (Å²) in [6, 6.07) is 17.7. The Morgan fingerprint density at radius 1 is 1.13 bits per heavy atom. The van der Waals surface area contributed by atoms with Gasteiger partial charge in [0.15, 0.2) is 5.58 Å². The van der Waals surface area contributed by atoms with Crippen LogP contribution >= 0.6 is 15.9 Å². The number of hydrogen-bond acceptors (Lipinski definition) is 4. The largest absolute Gasteiger partial charge is 0.506 e. The number of phenols is 1. The first-order chi connectivity index (χ1) is 14.4. The molecule has 0 aliphatic heterocycles. The number of halogens is 1. The van der Waals surface area contributed by atoms with E-state index in [4.69, 9.17) is 4.42 Å². The molecular formula is C25H23BrN2O2. The maximum atomic E-state index is 10.2. The number of nitrogens with zero attached hydrogens (tertiary/aromatic N) is 2. The van der Waals surface area contributed by atoms with Gasteiger partial charge >= 0.3 is 0 Å².